The van der Waals surface area contributed by atoms with Crippen molar-refractivity contribution in [2.45, 2.75) is 83.3 Å². The molecule has 0 aromatic carbocycles. The van der Waals surface area contributed by atoms with Gasteiger partial charge in [0, 0.05) is 17.6 Å². The van der Waals surface area contributed by atoms with E-state index in [0.29, 0.717) is 0 Å². The monoisotopic (exact) mass is 238 g/mol. The molecule has 2 rings (SSSR count). The average molecular weight is 238 g/mol. The molecule has 2 aliphatic rings. The summed E-state index contributed by atoms with van der Waals surface area (Å²) in [7, 11) is 0. The Balaban J connectivity index is 1.83. The fourth-order valence-electron chi connectivity index (χ4n) is 3.52. The molecule has 0 bridgehead atoms. The van der Waals surface area contributed by atoms with E-state index in [2.05, 4.69) is 31.0 Å². The molecule has 0 amide bonds. The van der Waals surface area contributed by atoms with Crippen LogP contribution in [0.15, 0.2) is 0 Å². The van der Waals surface area contributed by atoms with Crippen molar-refractivity contribution >= 4 is 0 Å². The van der Waals surface area contributed by atoms with Crippen molar-refractivity contribution in [1.29, 1.82) is 0 Å². The van der Waals surface area contributed by atoms with E-state index in [4.69, 9.17) is 0 Å². The van der Waals surface area contributed by atoms with Gasteiger partial charge in [0.1, 0.15) is 0 Å². The Labute approximate surface area is 107 Å². The van der Waals surface area contributed by atoms with Crippen LogP contribution in [0.3, 0.4) is 0 Å². The van der Waals surface area contributed by atoms with E-state index < -0.39 is 0 Å². The molecule has 1 saturated heterocycles. The molecular formula is C15H30N2. The van der Waals surface area contributed by atoms with Crippen molar-refractivity contribution < 1.29 is 0 Å². The van der Waals surface area contributed by atoms with Crippen LogP contribution >= 0.6 is 0 Å². The smallest absolute Gasteiger partial charge is 0.0110 e. The van der Waals surface area contributed by atoms with Crippen molar-refractivity contribution in [1.82, 2.24) is 10.2 Å². The van der Waals surface area contributed by atoms with Gasteiger partial charge in [0.2, 0.25) is 0 Å². The molecule has 1 saturated carbocycles. The van der Waals surface area contributed by atoms with E-state index in [-0.39, 0.29) is 5.54 Å². The van der Waals surface area contributed by atoms with Gasteiger partial charge >= 0.3 is 0 Å². The fourth-order valence-corrected chi connectivity index (χ4v) is 3.52. The van der Waals surface area contributed by atoms with Crippen molar-refractivity contribution in [2.24, 2.45) is 0 Å². The maximum absolute atomic E-state index is 3.80. The Hall–Kier alpha value is -0.0800. The van der Waals surface area contributed by atoms with E-state index in [1.165, 1.54) is 58.0 Å². The third-order valence-corrected chi connectivity index (χ3v) is 4.19. The summed E-state index contributed by atoms with van der Waals surface area (Å²) in [6.45, 7) is 9.58. The number of rotatable bonds is 2. The molecule has 2 heteroatoms. The highest BCUT2D eigenvalue weighted by atomic mass is 15.2. The second kappa shape index (κ2) is 5.71. The van der Waals surface area contributed by atoms with Crippen LogP contribution < -0.4 is 5.32 Å². The quantitative estimate of drug-likeness (QED) is 0.795. The predicted molar refractivity (Wildman–Crippen MR) is 74.4 cm³/mol. The lowest BCUT2D eigenvalue weighted by Gasteiger charge is -2.41. The molecule has 2 atom stereocenters. The molecule has 1 aliphatic heterocycles. The average Bonchev–Trinajstić information content (AvgIpc) is 2.28. The van der Waals surface area contributed by atoms with Crippen LogP contribution in [0.25, 0.3) is 0 Å². The summed E-state index contributed by atoms with van der Waals surface area (Å²) in [4.78, 5) is 2.76. The Bertz CT molecular complexity index is 226. The van der Waals surface area contributed by atoms with Crippen LogP contribution in [0.4, 0.5) is 0 Å². The molecule has 0 radical (unpaired) electrons. The minimum atomic E-state index is 0.272. The molecule has 0 spiro atoms. The number of hydrogen-bond donors (Lipinski definition) is 1. The molecule has 0 aromatic rings. The zero-order chi connectivity index (χ0) is 12.3. The normalized spacial score (nSPS) is 32.6. The third-order valence-electron chi connectivity index (χ3n) is 4.19. The Morgan fingerprint density at radius 2 is 1.65 bits per heavy atom. The molecule has 1 heterocycles. The number of likely N-dealkylation sites (tertiary alicyclic amines) is 1. The summed E-state index contributed by atoms with van der Waals surface area (Å²) in [6, 6.07) is 1.61. The first kappa shape index (κ1) is 13.4. The van der Waals surface area contributed by atoms with Crippen LogP contribution in [-0.4, -0.2) is 35.6 Å². The molecule has 0 aromatic heterocycles. The summed E-state index contributed by atoms with van der Waals surface area (Å²) >= 11 is 0. The van der Waals surface area contributed by atoms with Gasteiger partial charge in [0.05, 0.1) is 0 Å². The van der Waals surface area contributed by atoms with Gasteiger partial charge in [-0.3, -0.25) is 0 Å². The second-order valence-electron chi connectivity index (χ2n) is 7.01. The number of piperidine rings is 1. The van der Waals surface area contributed by atoms with Gasteiger partial charge in [-0.05, 0) is 66.0 Å². The van der Waals surface area contributed by atoms with Crippen molar-refractivity contribution in [3.8, 4) is 0 Å². The van der Waals surface area contributed by atoms with E-state index >= 15 is 0 Å². The first-order chi connectivity index (χ1) is 8.04. The molecule has 2 fully saturated rings. The van der Waals surface area contributed by atoms with Gasteiger partial charge in [-0.25, -0.2) is 0 Å². The van der Waals surface area contributed by atoms with Crippen LogP contribution in [0.2, 0.25) is 0 Å². The minimum Gasteiger partial charge on any atom is -0.309 e. The van der Waals surface area contributed by atoms with Gasteiger partial charge in [-0.2, -0.15) is 0 Å². The number of hydrogen-bond acceptors (Lipinski definition) is 2. The second-order valence-corrected chi connectivity index (χ2v) is 7.01. The molecular weight excluding hydrogens is 208 g/mol. The summed E-state index contributed by atoms with van der Waals surface area (Å²) in [6.07, 6.45) is 9.89. The lowest BCUT2D eigenvalue weighted by molar-refractivity contribution is 0.111. The SMILES string of the molecule is CC(C)(C)N[C@@H]1CCC[C@H](N2CCCCC2)C1. The largest absolute Gasteiger partial charge is 0.309 e. The van der Waals surface area contributed by atoms with E-state index in [1.807, 2.05) is 0 Å². The first-order valence-corrected chi connectivity index (χ1v) is 7.56. The van der Waals surface area contributed by atoms with Crippen molar-refractivity contribution in [3.63, 3.8) is 0 Å². The van der Waals surface area contributed by atoms with Gasteiger partial charge in [-0.1, -0.05) is 12.8 Å². The lowest BCUT2D eigenvalue weighted by atomic mass is 9.87. The van der Waals surface area contributed by atoms with Crippen molar-refractivity contribution in [2.75, 3.05) is 13.1 Å². The van der Waals surface area contributed by atoms with Gasteiger partial charge in [0.15, 0.2) is 0 Å². The zero-order valence-electron chi connectivity index (χ0n) is 12.0. The predicted octanol–water partition coefficient (Wildman–Crippen LogP) is 3.17. The summed E-state index contributed by atoms with van der Waals surface area (Å²) in [5.74, 6) is 0. The summed E-state index contributed by atoms with van der Waals surface area (Å²) in [5, 5.41) is 3.80. The lowest BCUT2D eigenvalue weighted by Crippen LogP contribution is -2.50. The molecule has 17 heavy (non-hydrogen) atoms. The highest BCUT2D eigenvalue weighted by molar-refractivity contribution is 4.88. The van der Waals surface area contributed by atoms with Crippen LogP contribution in [-0.2, 0) is 0 Å². The zero-order valence-corrected chi connectivity index (χ0v) is 12.0. The number of nitrogens with one attached hydrogen (secondary N) is 1. The Kier molecular flexibility index (Phi) is 4.48. The topological polar surface area (TPSA) is 15.3 Å². The summed E-state index contributed by atoms with van der Waals surface area (Å²) in [5.41, 5.74) is 0.272. The van der Waals surface area contributed by atoms with Crippen molar-refractivity contribution in [3.05, 3.63) is 0 Å². The Morgan fingerprint density at radius 3 is 2.29 bits per heavy atom. The molecule has 0 unspecified atom stereocenters. The minimum absolute atomic E-state index is 0.272. The fraction of sp³-hybridized carbons (Fsp3) is 1.00. The van der Waals surface area contributed by atoms with Crippen LogP contribution in [0, 0.1) is 0 Å². The standard InChI is InChI=1S/C15H30N2/c1-15(2,3)16-13-8-7-9-14(12-13)17-10-5-4-6-11-17/h13-14,16H,4-12H2,1-3H3/t13-,14+/m1/s1. The highest BCUT2D eigenvalue weighted by Crippen LogP contribution is 2.26. The summed E-state index contributed by atoms with van der Waals surface area (Å²) < 4.78 is 0. The molecule has 1 aliphatic carbocycles. The third kappa shape index (κ3) is 4.26. The Morgan fingerprint density at radius 1 is 0.941 bits per heavy atom. The maximum Gasteiger partial charge on any atom is 0.0110 e. The first-order valence-electron chi connectivity index (χ1n) is 7.56. The molecule has 1 N–H and O–H groups in total. The van der Waals surface area contributed by atoms with Gasteiger partial charge in [-0.15, -0.1) is 0 Å². The van der Waals surface area contributed by atoms with Crippen LogP contribution in [0.5, 0.6) is 0 Å². The van der Waals surface area contributed by atoms with E-state index in [0.717, 1.165) is 12.1 Å². The highest BCUT2D eigenvalue weighted by Gasteiger charge is 2.29. The number of nitrogens with zero attached hydrogens (tertiary/aromatic N) is 1. The maximum atomic E-state index is 3.80. The molecule has 2 nitrogen and oxygen atoms in total. The van der Waals surface area contributed by atoms with Crippen LogP contribution in [0.1, 0.15) is 65.7 Å². The van der Waals surface area contributed by atoms with E-state index in [1.54, 1.807) is 0 Å². The van der Waals surface area contributed by atoms with Gasteiger partial charge < -0.3 is 10.2 Å². The molecule has 100 valence electrons. The van der Waals surface area contributed by atoms with E-state index in [9.17, 15) is 0 Å². The van der Waals surface area contributed by atoms with Gasteiger partial charge in [0.25, 0.3) is 0 Å².